The molecule has 1 aliphatic heterocycles. The largest absolute Gasteiger partial charge is 0.489 e. The number of nitrogens with zero attached hydrogens (tertiary/aromatic N) is 2. The van der Waals surface area contributed by atoms with Gasteiger partial charge in [0.05, 0.1) is 29.6 Å². The zero-order valence-corrected chi connectivity index (χ0v) is 17.8. The molecule has 0 saturated carbocycles. The summed E-state index contributed by atoms with van der Waals surface area (Å²) in [7, 11) is 0. The zero-order valence-electron chi connectivity index (χ0n) is 17.1. The van der Waals surface area contributed by atoms with Crippen molar-refractivity contribution < 1.29 is 14.3 Å². The van der Waals surface area contributed by atoms with E-state index in [0.717, 1.165) is 35.5 Å². The van der Waals surface area contributed by atoms with Gasteiger partial charge >= 0.3 is 0 Å². The molecule has 2 heterocycles. The average Bonchev–Trinajstić information content (AvgIpc) is 2.92. The number of carbonyl (C=O) groups excluding carboxylic acids is 1. The maximum absolute atomic E-state index is 12.6. The van der Waals surface area contributed by atoms with Crippen LogP contribution in [0.4, 0.5) is 0 Å². The minimum Gasteiger partial charge on any atom is -0.489 e. The van der Waals surface area contributed by atoms with Gasteiger partial charge in [0.15, 0.2) is 11.5 Å². The molecule has 0 atom stereocenters. The van der Waals surface area contributed by atoms with E-state index in [1.54, 1.807) is 12.1 Å². The molecular formula is C23H24ClN3O3. The molecule has 1 aliphatic rings. The fraction of sp³-hybridized carbons (Fsp3) is 0.304. The third kappa shape index (κ3) is 4.44. The van der Waals surface area contributed by atoms with E-state index in [-0.39, 0.29) is 5.91 Å². The van der Waals surface area contributed by atoms with Crippen LogP contribution in [0.25, 0.3) is 5.69 Å². The van der Waals surface area contributed by atoms with Crippen LogP contribution in [0, 0.1) is 13.8 Å². The summed E-state index contributed by atoms with van der Waals surface area (Å²) in [4.78, 5) is 12.6. The summed E-state index contributed by atoms with van der Waals surface area (Å²) in [6, 6.07) is 13.6. The molecule has 1 aromatic heterocycles. The van der Waals surface area contributed by atoms with Crippen molar-refractivity contribution in [2.45, 2.75) is 26.7 Å². The van der Waals surface area contributed by atoms with E-state index in [4.69, 9.17) is 21.1 Å². The van der Waals surface area contributed by atoms with E-state index in [0.29, 0.717) is 41.8 Å². The minimum absolute atomic E-state index is 0.188. The number of carbonyl (C=O) groups is 1. The summed E-state index contributed by atoms with van der Waals surface area (Å²) in [6.07, 6.45) is 1.51. The number of benzene rings is 2. The van der Waals surface area contributed by atoms with Gasteiger partial charge in [-0.3, -0.25) is 4.79 Å². The van der Waals surface area contributed by atoms with E-state index in [1.165, 1.54) is 0 Å². The standard InChI is InChI=1S/C23H24ClN3O3/c1-15-12-16(2)27(26-15)19-6-4-17(5-7-19)8-9-25-23(28)18-13-20(24)22-21(14-18)29-10-3-11-30-22/h4-7,12-14H,3,8-11H2,1-2H3,(H,25,28). The van der Waals surface area contributed by atoms with Crippen molar-refractivity contribution in [2.24, 2.45) is 0 Å². The van der Waals surface area contributed by atoms with Gasteiger partial charge in [0.2, 0.25) is 0 Å². The first-order chi connectivity index (χ1) is 14.5. The van der Waals surface area contributed by atoms with Crippen LogP contribution >= 0.6 is 11.6 Å². The number of hydrogen-bond donors (Lipinski definition) is 1. The van der Waals surface area contributed by atoms with E-state index < -0.39 is 0 Å². The second kappa shape index (κ2) is 8.79. The fourth-order valence-corrected chi connectivity index (χ4v) is 3.74. The first-order valence-electron chi connectivity index (χ1n) is 10.0. The van der Waals surface area contributed by atoms with Crippen molar-refractivity contribution >= 4 is 17.5 Å². The van der Waals surface area contributed by atoms with E-state index in [1.807, 2.05) is 30.7 Å². The topological polar surface area (TPSA) is 65.4 Å². The van der Waals surface area contributed by atoms with Crippen LogP contribution in [0.3, 0.4) is 0 Å². The van der Waals surface area contributed by atoms with Crippen LogP contribution in [0.15, 0.2) is 42.5 Å². The van der Waals surface area contributed by atoms with Gasteiger partial charge in [0, 0.05) is 24.2 Å². The van der Waals surface area contributed by atoms with Gasteiger partial charge in [0.1, 0.15) is 0 Å². The Morgan fingerprint density at radius 1 is 1.13 bits per heavy atom. The minimum atomic E-state index is -0.188. The Kier molecular flexibility index (Phi) is 5.95. The Morgan fingerprint density at radius 3 is 2.63 bits per heavy atom. The highest BCUT2D eigenvalue weighted by molar-refractivity contribution is 6.32. The first kappa shape index (κ1) is 20.3. The third-order valence-corrected chi connectivity index (χ3v) is 5.23. The quantitative estimate of drug-likeness (QED) is 0.662. The molecule has 30 heavy (non-hydrogen) atoms. The smallest absolute Gasteiger partial charge is 0.251 e. The number of ether oxygens (including phenoxy) is 2. The molecule has 0 unspecified atom stereocenters. The molecule has 0 radical (unpaired) electrons. The number of halogens is 1. The number of aromatic nitrogens is 2. The summed E-state index contributed by atoms with van der Waals surface area (Å²) in [5, 5.41) is 7.83. The van der Waals surface area contributed by atoms with Gasteiger partial charge in [0.25, 0.3) is 5.91 Å². The monoisotopic (exact) mass is 425 g/mol. The highest BCUT2D eigenvalue weighted by atomic mass is 35.5. The van der Waals surface area contributed by atoms with E-state index in [9.17, 15) is 4.79 Å². The number of aryl methyl sites for hydroxylation is 2. The molecule has 0 bridgehead atoms. The molecule has 1 amide bonds. The van der Waals surface area contributed by atoms with Crippen LogP contribution in [-0.4, -0.2) is 35.4 Å². The Hall–Kier alpha value is -2.99. The van der Waals surface area contributed by atoms with E-state index >= 15 is 0 Å². The number of fused-ring (bicyclic) bond motifs is 1. The predicted octanol–water partition coefficient (Wildman–Crippen LogP) is 4.28. The molecule has 6 nitrogen and oxygen atoms in total. The molecule has 0 saturated heterocycles. The number of rotatable bonds is 5. The summed E-state index contributed by atoms with van der Waals surface area (Å²) in [5.74, 6) is 0.838. The molecule has 4 rings (SSSR count). The average molecular weight is 426 g/mol. The Balaban J connectivity index is 1.36. The normalized spacial score (nSPS) is 13.0. The number of hydrogen-bond acceptors (Lipinski definition) is 4. The summed E-state index contributed by atoms with van der Waals surface area (Å²) in [6.45, 7) is 5.63. The van der Waals surface area contributed by atoms with Crippen LogP contribution in [0.1, 0.15) is 33.7 Å². The summed E-state index contributed by atoms with van der Waals surface area (Å²) >= 11 is 6.28. The third-order valence-electron chi connectivity index (χ3n) is 4.95. The zero-order chi connectivity index (χ0) is 21.1. The molecule has 3 aromatic rings. The van der Waals surface area contributed by atoms with Gasteiger partial charge in [-0.2, -0.15) is 5.10 Å². The summed E-state index contributed by atoms with van der Waals surface area (Å²) < 4.78 is 13.2. The lowest BCUT2D eigenvalue weighted by molar-refractivity contribution is 0.0953. The maximum atomic E-state index is 12.6. The molecule has 0 spiro atoms. The van der Waals surface area contributed by atoms with Gasteiger partial charge < -0.3 is 14.8 Å². The predicted molar refractivity (Wildman–Crippen MR) is 116 cm³/mol. The van der Waals surface area contributed by atoms with Crippen molar-refractivity contribution in [1.29, 1.82) is 0 Å². The molecule has 156 valence electrons. The lowest BCUT2D eigenvalue weighted by Gasteiger charge is -2.12. The number of nitrogens with one attached hydrogen (secondary N) is 1. The fourth-order valence-electron chi connectivity index (χ4n) is 3.48. The van der Waals surface area contributed by atoms with Crippen molar-refractivity contribution in [3.05, 3.63) is 70.0 Å². The van der Waals surface area contributed by atoms with Crippen LogP contribution < -0.4 is 14.8 Å². The van der Waals surface area contributed by atoms with Crippen molar-refractivity contribution in [2.75, 3.05) is 19.8 Å². The van der Waals surface area contributed by atoms with Gasteiger partial charge in [-0.05, 0) is 56.2 Å². The van der Waals surface area contributed by atoms with Crippen LogP contribution in [0.2, 0.25) is 5.02 Å². The molecular weight excluding hydrogens is 402 g/mol. The van der Waals surface area contributed by atoms with Crippen LogP contribution in [0.5, 0.6) is 11.5 Å². The molecule has 2 aromatic carbocycles. The van der Waals surface area contributed by atoms with Gasteiger partial charge in [-0.25, -0.2) is 4.68 Å². The Bertz CT molecular complexity index is 1060. The molecule has 0 aliphatic carbocycles. The SMILES string of the molecule is Cc1cc(C)n(-c2ccc(CCNC(=O)c3cc(Cl)c4c(c3)OCCCO4)cc2)n1. The second-order valence-corrected chi connectivity index (χ2v) is 7.75. The van der Waals surface area contributed by atoms with Crippen LogP contribution in [-0.2, 0) is 6.42 Å². The molecule has 1 N–H and O–H groups in total. The lowest BCUT2D eigenvalue weighted by Crippen LogP contribution is -2.25. The van der Waals surface area contributed by atoms with Crippen molar-refractivity contribution in [3.63, 3.8) is 0 Å². The van der Waals surface area contributed by atoms with Crippen molar-refractivity contribution in [3.8, 4) is 17.2 Å². The first-order valence-corrected chi connectivity index (χ1v) is 10.4. The Morgan fingerprint density at radius 2 is 1.90 bits per heavy atom. The van der Waals surface area contributed by atoms with Gasteiger partial charge in [-0.1, -0.05) is 23.7 Å². The maximum Gasteiger partial charge on any atom is 0.251 e. The van der Waals surface area contributed by atoms with E-state index in [2.05, 4.69) is 28.6 Å². The Labute approximate surface area is 180 Å². The second-order valence-electron chi connectivity index (χ2n) is 7.35. The van der Waals surface area contributed by atoms with Crippen molar-refractivity contribution in [1.82, 2.24) is 15.1 Å². The molecule has 7 heteroatoms. The highest BCUT2D eigenvalue weighted by Gasteiger charge is 2.18. The number of amides is 1. The van der Waals surface area contributed by atoms with Gasteiger partial charge in [-0.15, -0.1) is 0 Å². The summed E-state index contributed by atoms with van der Waals surface area (Å²) in [5.41, 5.74) is 4.71. The highest BCUT2D eigenvalue weighted by Crippen LogP contribution is 2.37. The molecule has 0 fully saturated rings. The lowest BCUT2D eigenvalue weighted by atomic mass is 10.1.